The molecule has 1 N–H and O–H groups in total. The van der Waals surface area contributed by atoms with Gasteiger partial charge >= 0.3 is 6.09 Å². The molecule has 1 aromatic heterocycles. The van der Waals surface area contributed by atoms with Crippen molar-refractivity contribution < 1.29 is 14.4 Å². The topological polar surface area (TPSA) is 74.5 Å². The van der Waals surface area contributed by atoms with E-state index in [1.165, 1.54) is 4.90 Å². The summed E-state index contributed by atoms with van der Waals surface area (Å²) in [6, 6.07) is 20.3. The molecule has 1 aliphatic heterocycles. The van der Waals surface area contributed by atoms with Gasteiger partial charge in [-0.15, -0.1) is 0 Å². The summed E-state index contributed by atoms with van der Waals surface area (Å²) < 4.78 is 0. The van der Waals surface area contributed by atoms with Crippen LogP contribution in [0.3, 0.4) is 0 Å². The van der Waals surface area contributed by atoms with Gasteiger partial charge < -0.3 is 9.74 Å². The van der Waals surface area contributed by atoms with Crippen LogP contribution in [0.5, 0.6) is 0 Å². The van der Waals surface area contributed by atoms with Crippen molar-refractivity contribution in [2.24, 2.45) is 0 Å². The summed E-state index contributed by atoms with van der Waals surface area (Å²) in [5, 5.41) is 0. The standard InChI is InChI=1S/C23H20N4O3/c28-22(20-9-4-10-21(14-20)26-12-13-26)25-30-23(29)27(16-18-6-2-1-3-7-18)17-19-8-5-11-24-15-19/h1-15H,16-17H2,(H,25,28). The van der Waals surface area contributed by atoms with E-state index in [9.17, 15) is 9.59 Å². The third kappa shape index (κ3) is 5.02. The highest BCUT2D eigenvalue weighted by molar-refractivity contribution is 5.95. The number of amides is 2. The summed E-state index contributed by atoms with van der Waals surface area (Å²) in [7, 11) is 0. The van der Waals surface area contributed by atoms with Crippen LogP contribution in [0.25, 0.3) is 0 Å². The number of hydrogen-bond acceptors (Lipinski definition) is 5. The largest absolute Gasteiger partial charge is 0.434 e. The maximum absolute atomic E-state index is 12.7. The van der Waals surface area contributed by atoms with Gasteiger partial charge in [0, 0.05) is 42.6 Å². The van der Waals surface area contributed by atoms with Crippen LogP contribution >= 0.6 is 0 Å². The normalized spacial score (nSPS) is 11.7. The third-order valence-electron chi connectivity index (χ3n) is 4.51. The molecule has 0 bridgehead atoms. The summed E-state index contributed by atoms with van der Waals surface area (Å²) in [6.45, 7) is 0.633. The van der Waals surface area contributed by atoms with Gasteiger partial charge in [-0.05, 0) is 35.4 Å². The van der Waals surface area contributed by atoms with Crippen molar-refractivity contribution in [3.05, 3.63) is 108 Å². The summed E-state index contributed by atoms with van der Waals surface area (Å²) in [6.07, 6.45) is 6.48. The Balaban J connectivity index is 1.41. The first-order chi connectivity index (χ1) is 14.7. The van der Waals surface area contributed by atoms with E-state index in [1.807, 2.05) is 59.8 Å². The number of rotatable bonds is 6. The van der Waals surface area contributed by atoms with Gasteiger partial charge in [0.15, 0.2) is 0 Å². The van der Waals surface area contributed by atoms with Crippen LogP contribution in [0.4, 0.5) is 10.5 Å². The van der Waals surface area contributed by atoms with Crippen LogP contribution in [0, 0.1) is 0 Å². The quantitative estimate of drug-likeness (QED) is 0.636. The monoisotopic (exact) mass is 400 g/mol. The molecular formula is C23H20N4O3. The second-order valence-electron chi connectivity index (χ2n) is 6.76. The number of nitrogens with one attached hydrogen (secondary N) is 1. The van der Waals surface area contributed by atoms with E-state index in [4.69, 9.17) is 4.84 Å². The summed E-state index contributed by atoms with van der Waals surface area (Å²) in [4.78, 5) is 37.7. The molecule has 0 saturated carbocycles. The fourth-order valence-corrected chi connectivity index (χ4v) is 2.93. The number of benzene rings is 2. The second kappa shape index (κ2) is 8.91. The molecular weight excluding hydrogens is 380 g/mol. The first-order valence-electron chi connectivity index (χ1n) is 9.45. The lowest BCUT2D eigenvalue weighted by Crippen LogP contribution is -2.36. The van der Waals surface area contributed by atoms with Crippen molar-refractivity contribution in [1.29, 1.82) is 0 Å². The first kappa shape index (κ1) is 19.2. The first-order valence-corrected chi connectivity index (χ1v) is 9.45. The minimum absolute atomic E-state index is 0.299. The average molecular weight is 400 g/mol. The van der Waals surface area contributed by atoms with E-state index in [2.05, 4.69) is 10.5 Å². The van der Waals surface area contributed by atoms with E-state index in [1.54, 1.807) is 36.7 Å². The molecule has 150 valence electrons. The maximum atomic E-state index is 12.7. The van der Waals surface area contributed by atoms with Crippen molar-refractivity contribution in [2.45, 2.75) is 13.1 Å². The van der Waals surface area contributed by atoms with Gasteiger partial charge in [-0.3, -0.25) is 14.7 Å². The van der Waals surface area contributed by atoms with Crippen molar-refractivity contribution in [2.75, 3.05) is 4.90 Å². The highest BCUT2D eigenvalue weighted by atomic mass is 16.7. The van der Waals surface area contributed by atoms with Gasteiger partial charge in [0.2, 0.25) is 0 Å². The number of hydroxylamine groups is 1. The Morgan fingerprint density at radius 1 is 0.933 bits per heavy atom. The Morgan fingerprint density at radius 2 is 1.70 bits per heavy atom. The van der Waals surface area contributed by atoms with Crippen molar-refractivity contribution in [3.8, 4) is 0 Å². The Hall–Kier alpha value is -4.13. The van der Waals surface area contributed by atoms with E-state index < -0.39 is 12.0 Å². The molecule has 7 nitrogen and oxygen atoms in total. The van der Waals surface area contributed by atoms with E-state index >= 15 is 0 Å². The SMILES string of the molecule is O=C(NOC(=O)N(Cc1ccccc1)Cc1cccnc1)c1cccc(N2C=C2)c1. The van der Waals surface area contributed by atoms with Crippen LogP contribution < -0.4 is 10.4 Å². The van der Waals surface area contributed by atoms with E-state index in [0.717, 1.165) is 16.8 Å². The number of carbonyl (C=O) groups is 2. The molecule has 0 atom stereocenters. The van der Waals surface area contributed by atoms with E-state index in [-0.39, 0.29) is 0 Å². The third-order valence-corrected chi connectivity index (χ3v) is 4.51. The lowest BCUT2D eigenvalue weighted by molar-refractivity contribution is 0.0397. The molecule has 0 aliphatic carbocycles. The molecule has 2 heterocycles. The van der Waals surface area contributed by atoms with Crippen LogP contribution in [0.15, 0.2) is 91.5 Å². The number of nitrogens with zero attached hydrogens (tertiary/aromatic N) is 3. The zero-order valence-corrected chi connectivity index (χ0v) is 16.1. The number of anilines is 1. The second-order valence-corrected chi connectivity index (χ2v) is 6.76. The molecule has 2 amide bonds. The fraction of sp³-hybridized carbons (Fsp3) is 0.0870. The number of hydrogen-bond donors (Lipinski definition) is 1. The highest BCUT2D eigenvalue weighted by Crippen LogP contribution is 2.23. The smallest absolute Gasteiger partial charge is 0.321 e. The average Bonchev–Trinajstić information content (AvgIpc) is 3.64. The molecule has 0 radical (unpaired) electrons. The van der Waals surface area contributed by atoms with Crippen LogP contribution in [-0.2, 0) is 17.9 Å². The zero-order chi connectivity index (χ0) is 20.8. The number of aromatic nitrogens is 1. The molecule has 0 saturated heterocycles. The highest BCUT2D eigenvalue weighted by Gasteiger charge is 2.19. The van der Waals surface area contributed by atoms with Gasteiger partial charge in [0.05, 0.1) is 6.54 Å². The minimum Gasteiger partial charge on any atom is -0.321 e. The zero-order valence-electron chi connectivity index (χ0n) is 16.1. The maximum Gasteiger partial charge on any atom is 0.434 e. The van der Waals surface area contributed by atoms with Gasteiger partial charge in [-0.25, -0.2) is 4.79 Å². The molecule has 2 aromatic carbocycles. The Kier molecular flexibility index (Phi) is 5.70. The number of pyridine rings is 1. The molecule has 0 fully saturated rings. The molecule has 7 heteroatoms. The Morgan fingerprint density at radius 3 is 2.43 bits per heavy atom. The lowest BCUT2D eigenvalue weighted by atomic mass is 10.2. The summed E-state index contributed by atoms with van der Waals surface area (Å²) >= 11 is 0. The Labute approximate surface area is 174 Å². The number of carbonyl (C=O) groups excluding carboxylic acids is 2. The van der Waals surface area contributed by atoms with E-state index in [0.29, 0.717) is 18.7 Å². The van der Waals surface area contributed by atoms with Crippen LogP contribution in [0.2, 0.25) is 0 Å². The summed E-state index contributed by atoms with van der Waals surface area (Å²) in [5.74, 6) is -0.493. The fourth-order valence-electron chi connectivity index (χ4n) is 2.93. The van der Waals surface area contributed by atoms with Crippen molar-refractivity contribution in [1.82, 2.24) is 15.4 Å². The lowest BCUT2D eigenvalue weighted by Gasteiger charge is -2.22. The van der Waals surface area contributed by atoms with Crippen LogP contribution in [0.1, 0.15) is 21.5 Å². The minimum atomic E-state index is -0.653. The van der Waals surface area contributed by atoms with Crippen molar-refractivity contribution in [3.63, 3.8) is 0 Å². The Bertz CT molecular complexity index is 1010. The van der Waals surface area contributed by atoms with Gasteiger partial charge in [-0.2, -0.15) is 5.48 Å². The van der Waals surface area contributed by atoms with Crippen molar-refractivity contribution >= 4 is 17.7 Å². The predicted octanol–water partition coefficient (Wildman–Crippen LogP) is 3.86. The van der Waals surface area contributed by atoms with Gasteiger partial charge in [0.1, 0.15) is 0 Å². The molecule has 1 aliphatic rings. The molecule has 0 spiro atoms. The summed E-state index contributed by atoms with van der Waals surface area (Å²) in [5.41, 5.74) is 5.33. The molecule has 4 rings (SSSR count). The van der Waals surface area contributed by atoms with Gasteiger partial charge in [0.25, 0.3) is 5.91 Å². The van der Waals surface area contributed by atoms with Gasteiger partial charge in [-0.1, -0.05) is 42.5 Å². The predicted molar refractivity (Wildman–Crippen MR) is 112 cm³/mol. The molecule has 3 aromatic rings. The van der Waals surface area contributed by atoms with Crippen LogP contribution in [-0.4, -0.2) is 21.9 Å². The molecule has 30 heavy (non-hydrogen) atoms. The molecule has 0 unspecified atom stereocenters.